The molecule has 2 aromatic heterocycles. The third-order valence-electron chi connectivity index (χ3n) is 4.55. The zero-order valence-corrected chi connectivity index (χ0v) is 15.3. The van der Waals surface area contributed by atoms with Crippen LogP contribution in [0.5, 0.6) is 0 Å². The Bertz CT molecular complexity index is 898. The Balaban J connectivity index is 1.39. The smallest absolute Gasteiger partial charge is 0.229 e. The molecule has 0 aliphatic carbocycles. The molecule has 0 bridgehead atoms. The van der Waals surface area contributed by atoms with E-state index in [-0.39, 0.29) is 6.10 Å². The quantitative estimate of drug-likeness (QED) is 0.639. The van der Waals surface area contributed by atoms with Gasteiger partial charge in [-0.05, 0) is 37.5 Å². The largest absolute Gasteiger partial charge is 0.383 e. The minimum absolute atomic E-state index is 0.218. The first-order chi connectivity index (χ1) is 13.2. The van der Waals surface area contributed by atoms with Crippen molar-refractivity contribution in [2.75, 3.05) is 25.6 Å². The maximum Gasteiger partial charge on any atom is 0.229 e. The fraction of sp³-hybridized carbons (Fsp3) is 0.421. The predicted octanol–water partition coefficient (Wildman–Crippen LogP) is 2.55. The Morgan fingerprint density at radius 1 is 1.37 bits per heavy atom. The Morgan fingerprint density at radius 3 is 3.11 bits per heavy atom. The van der Waals surface area contributed by atoms with Crippen molar-refractivity contribution in [1.82, 2.24) is 19.9 Å². The summed E-state index contributed by atoms with van der Waals surface area (Å²) in [6.45, 7) is 3.98. The first kappa shape index (κ1) is 17.7. The molecule has 0 spiro atoms. The van der Waals surface area contributed by atoms with Gasteiger partial charge >= 0.3 is 0 Å². The number of ether oxygens (including phenoxy) is 2. The van der Waals surface area contributed by atoms with E-state index in [2.05, 4.69) is 15.2 Å². The third kappa shape index (κ3) is 4.01. The van der Waals surface area contributed by atoms with E-state index in [1.54, 1.807) is 10.9 Å². The fourth-order valence-corrected chi connectivity index (χ4v) is 3.11. The summed E-state index contributed by atoms with van der Waals surface area (Å²) in [5, 5.41) is 8.39. The lowest BCUT2D eigenvalue weighted by atomic mass is 10.2. The van der Waals surface area contributed by atoms with Crippen LogP contribution in [0, 0.1) is 6.92 Å². The summed E-state index contributed by atoms with van der Waals surface area (Å²) >= 11 is 0. The first-order valence-corrected chi connectivity index (χ1v) is 9.13. The highest BCUT2D eigenvalue weighted by Gasteiger charge is 2.18. The topological polar surface area (TPSA) is 101 Å². The molecule has 1 aromatic carbocycles. The van der Waals surface area contributed by atoms with Gasteiger partial charge in [-0.1, -0.05) is 17.3 Å². The summed E-state index contributed by atoms with van der Waals surface area (Å²) in [7, 11) is 0. The van der Waals surface area contributed by atoms with Crippen molar-refractivity contribution < 1.29 is 14.0 Å². The number of hydrogen-bond acceptors (Lipinski definition) is 7. The lowest BCUT2D eigenvalue weighted by Crippen LogP contribution is -2.15. The molecule has 8 nitrogen and oxygen atoms in total. The van der Waals surface area contributed by atoms with Gasteiger partial charge in [0.2, 0.25) is 11.7 Å². The number of nitrogen functional groups attached to an aromatic ring is 1. The second-order valence-electron chi connectivity index (χ2n) is 6.67. The first-order valence-electron chi connectivity index (χ1n) is 9.13. The fourth-order valence-electron chi connectivity index (χ4n) is 3.11. The van der Waals surface area contributed by atoms with Crippen molar-refractivity contribution in [2.24, 2.45) is 0 Å². The summed E-state index contributed by atoms with van der Waals surface area (Å²) in [6, 6.07) is 7.96. The van der Waals surface area contributed by atoms with Gasteiger partial charge in [0, 0.05) is 6.61 Å². The van der Waals surface area contributed by atoms with E-state index in [0.717, 1.165) is 30.7 Å². The molecular weight excluding hydrogens is 346 g/mol. The summed E-state index contributed by atoms with van der Waals surface area (Å²) in [6.07, 6.45) is 4.59. The molecule has 8 heteroatoms. The summed E-state index contributed by atoms with van der Waals surface area (Å²) < 4.78 is 18.2. The average molecular weight is 369 g/mol. The minimum atomic E-state index is 0.218. The Hall–Kier alpha value is -2.71. The van der Waals surface area contributed by atoms with Gasteiger partial charge in [-0.3, -0.25) is 0 Å². The molecule has 0 saturated carbocycles. The second-order valence-corrected chi connectivity index (χ2v) is 6.67. The van der Waals surface area contributed by atoms with E-state index in [4.69, 9.17) is 19.7 Å². The van der Waals surface area contributed by atoms with Crippen molar-refractivity contribution in [3.05, 3.63) is 41.9 Å². The van der Waals surface area contributed by atoms with Crippen LogP contribution in [-0.4, -0.2) is 45.8 Å². The number of rotatable bonds is 7. The summed E-state index contributed by atoms with van der Waals surface area (Å²) in [4.78, 5) is 4.41. The number of nitrogens with zero attached hydrogens (tertiary/aromatic N) is 4. The zero-order valence-electron chi connectivity index (χ0n) is 15.3. The van der Waals surface area contributed by atoms with Crippen molar-refractivity contribution in [3.63, 3.8) is 0 Å². The van der Waals surface area contributed by atoms with Crippen LogP contribution in [0.1, 0.15) is 24.3 Å². The number of benzene rings is 1. The molecule has 142 valence electrons. The molecule has 0 radical (unpaired) electrons. The van der Waals surface area contributed by atoms with Gasteiger partial charge in [-0.25, -0.2) is 4.68 Å². The number of aryl methyl sites for hydroxylation is 1. The molecule has 1 atom stereocenters. The standard InChI is InChI=1S/C19H23N5O3/c1-13-4-2-5-14(10-13)24-18(20)16(11-21-24)19-22-17(27-23-19)7-9-25-12-15-6-3-8-26-15/h2,4-5,10-11,15H,3,6-9,12,20H2,1H3. The van der Waals surface area contributed by atoms with E-state index in [0.29, 0.717) is 42.7 Å². The highest BCUT2D eigenvalue weighted by atomic mass is 16.5. The molecule has 0 amide bonds. The Kier molecular flexibility index (Phi) is 5.17. The van der Waals surface area contributed by atoms with Crippen LogP contribution in [0.3, 0.4) is 0 Å². The van der Waals surface area contributed by atoms with E-state index < -0.39 is 0 Å². The third-order valence-corrected chi connectivity index (χ3v) is 4.55. The molecular formula is C19H23N5O3. The number of nitrogens with two attached hydrogens (primary N) is 1. The molecule has 3 heterocycles. The highest BCUT2D eigenvalue weighted by molar-refractivity contribution is 5.69. The van der Waals surface area contributed by atoms with Crippen LogP contribution in [-0.2, 0) is 15.9 Å². The lowest BCUT2D eigenvalue weighted by Gasteiger charge is -2.08. The molecule has 1 aliphatic rings. The van der Waals surface area contributed by atoms with Gasteiger partial charge < -0.3 is 19.7 Å². The second kappa shape index (κ2) is 7.89. The molecule has 1 saturated heterocycles. The van der Waals surface area contributed by atoms with Crippen molar-refractivity contribution >= 4 is 5.82 Å². The van der Waals surface area contributed by atoms with E-state index >= 15 is 0 Å². The molecule has 4 rings (SSSR count). The minimum Gasteiger partial charge on any atom is -0.383 e. The maximum absolute atomic E-state index is 6.26. The zero-order chi connectivity index (χ0) is 18.6. The maximum atomic E-state index is 6.26. The molecule has 1 unspecified atom stereocenters. The number of aromatic nitrogens is 4. The number of anilines is 1. The van der Waals surface area contributed by atoms with Crippen molar-refractivity contribution in [1.29, 1.82) is 0 Å². The van der Waals surface area contributed by atoms with Gasteiger partial charge in [-0.15, -0.1) is 0 Å². The van der Waals surface area contributed by atoms with Crippen molar-refractivity contribution in [3.8, 4) is 17.1 Å². The average Bonchev–Trinajstić information content (AvgIpc) is 3.40. The Labute approximate surface area is 157 Å². The lowest BCUT2D eigenvalue weighted by molar-refractivity contribution is 0.0169. The van der Waals surface area contributed by atoms with Crippen molar-refractivity contribution in [2.45, 2.75) is 32.3 Å². The normalized spacial score (nSPS) is 16.9. The van der Waals surface area contributed by atoms with Gasteiger partial charge in [0.25, 0.3) is 0 Å². The monoisotopic (exact) mass is 369 g/mol. The van der Waals surface area contributed by atoms with E-state index in [9.17, 15) is 0 Å². The van der Waals surface area contributed by atoms with Gasteiger partial charge in [-0.2, -0.15) is 10.1 Å². The van der Waals surface area contributed by atoms with Crippen LogP contribution in [0.25, 0.3) is 17.1 Å². The van der Waals surface area contributed by atoms with Crippen LogP contribution in [0.2, 0.25) is 0 Å². The molecule has 27 heavy (non-hydrogen) atoms. The van der Waals surface area contributed by atoms with Crippen LogP contribution in [0.15, 0.2) is 35.0 Å². The van der Waals surface area contributed by atoms with Crippen LogP contribution < -0.4 is 5.73 Å². The molecule has 1 aliphatic heterocycles. The van der Waals surface area contributed by atoms with E-state index in [1.807, 2.05) is 31.2 Å². The van der Waals surface area contributed by atoms with Gasteiger partial charge in [0.15, 0.2) is 0 Å². The summed E-state index contributed by atoms with van der Waals surface area (Å²) in [5.41, 5.74) is 8.93. The van der Waals surface area contributed by atoms with E-state index in [1.165, 1.54) is 0 Å². The van der Waals surface area contributed by atoms with Gasteiger partial charge in [0.05, 0.1) is 43.2 Å². The summed E-state index contributed by atoms with van der Waals surface area (Å²) in [5.74, 6) is 1.42. The Morgan fingerprint density at radius 2 is 2.30 bits per heavy atom. The number of hydrogen-bond donors (Lipinski definition) is 1. The molecule has 3 aromatic rings. The van der Waals surface area contributed by atoms with Crippen LogP contribution >= 0.6 is 0 Å². The molecule has 2 N–H and O–H groups in total. The SMILES string of the molecule is Cc1cccc(-n2ncc(-c3noc(CCOCC4CCCO4)n3)c2N)c1. The van der Waals surface area contributed by atoms with Crippen LogP contribution in [0.4, 0.5) is 5.82 Å². The molecule has 1 fully saturated rings. The van der Waals surface area contributed by atoms with Gasteiger partial charge in [0.1, 0.15) is 5.82 Å². The highest BCUT2D eigenvalue weighted by Crippen LogP contribution is 2.25. The predicted molar refractivity (Wildman–Crippen MR) is 99.5 cm³/mol.